The summed E-state index contributed by atoms with van der Waals surface area (Å²) in [6, 6.07) is 8.76. The van der Waals surface area contributed by atoms with Crippen molar-refractivity contribution in [2.45, 2.75) is 38.5 Å². The van der Waals surface area contributed by atoms with Crippen molar-refractivity contribution in [3.8, 4) is 11.5 Å². The summed E-state index contributed by atoms with van der Waals surface area (Å²) in [5.41, 5.74) is 1.55. The van der Waals surface area contributed by atoms with Gasteiger partial charge >= 0.3 is 0 Å². The molecule has 118 valence electrons. The van der Waals surface area contributed by atoms with Gasteiger partial charge in [-0.3, -0.25) is 0 Å². The smallest absolute Gasteiger partial charge is 0.165 e. The summed E-state index contributed by atoms with van der Waals surface area (Å²) < 4.78 is 27.2. The molecule has 2 aromatic carbocycles. The van der Waals surface area contributed by atoms with Crippen LogP contribution in [0.3, 0.4) is 0 Å². The van der Waals surface area contributed by atoms with Gasteiger partial charge in [0.15, 0.2) is 23.1 Å². The highest BCUT2D eigenvalue weighted by Crippen LogP contribution is 2.39. The highest BCUT2D eigenvalue weighted by molar-refractivity contribution is 5.35. The van der Waals surface area contributed by atoms with Crippen LogP contribution in [0.1, 0.15) is 49.7 Å². The summed E-state index contributed by atoms with van der Waals surface area (Å²) in [4.78, 5) is 0. The van der Waals surface area contributed by atoms with Crippen molar-refractivity contribution in [1.82, 2.24) is 0 Å². The molecule has 0 bridgehead atoms. The first-order valence-corrected chi connectivity index (χ1v) is 7.44. The first-order valence-electron chi connectivity index (χ1n) is 7.44. The Morgan fingerprint density at radius 3 is 1.41 bits per heavy atom. The average Bonchev–Trinajstić information content (AvgIpc) is 2.50. The molecule has 2 nitrogen and oxygen atoms in total. The summed E-state index contributed by atoms with van der Waals surface area (Å²) >= 11 is 0. The van der Waals surface area contributed by atoms with Gasteiger partial charge in [0.2, 0.25) is 0 Å². The molecule has 4 heteroatoms. The number of hydrogen-bond acceptors (Lipinski definition) is 2. The fourth-order valence-electron chi connectivity index (χ4n) is 3.01. The van der Waals surface area contributed by atoms with Gasteiger partial charge in [-0.25, -0.2) is 8.78 Å². The predicted molar refractivity (Wildman–Crippen MR) is 82.2 cm³/mol. The van der Waals surface area contributed by atoms with E-state index in [9.17, 15) is 19.0 Å². The topological polar surface area (TPSA) is 40.5 Å². The van der Waals surface area contributed by atoms with Crippen LogP contribution in [0.5, 0.6) is 11.5 Å². The lowest BCUT2D eigenvalue weighted by atomic mass is 9.78. The Morgan fingerprint density at radius 1 is 0.773 bits per heavy atom. The Labute approximate surface area is 129 Å². The van der Waals surface area contributed by atoms with Gasteiger partial charge in [-0.1, -0.05) is 26.0 Å². The molecule has 0 fully saturated rings. The second-order valence-electron chi connectivity index (χ2n) is 5.45. The van der Waals surface area contributed by atoms with Crippen molar-refractivity contribution < 1.29 is 19.0 Å². The molecule has 2 N–H and O–H groups in total. The summed E-state index contributed by atoms with van der Waals surface area (Å²) in [6.45, 7) is 3.99. The summed E-state index contributed by atoms with van der Waals surface area (Å²) in [6.07, 6.45) is 1.51. The number of aromatic hydroxyl groups is 2. The van der Waals surface area contributed by atoms with E-state index in [1.54, 1.807) is 12.1 Å². The van der Waals surface area contributed by atoms with Crippen LogP contribution in [-0.4, -0.2) is 10.2 Å². The minimum absolute atomic E-state index is 0.00374. The molecule has 0 aliphatic carbocycles. The van der Waals surface area contributed by atoms with Crippen LogP contribution in [0, 0.1) is 11.6 Å². The maximum atomic E-state index is 13.6. The van der Waals surface area contributed by atoms with Gasteiger partial charge in [-0.15, -0.1) is 0 Å². The molecule has 22 heavy (non-hydrogen) atoms. The van der Waals surface area contributed by atoms with Crippen LogP contribution in [-0.2, 0) is 0 Å². The third kappa shape index (κ3) is 3.21. The Hall–Kier alpha value is -2.10. The van der Waals surface area contributed by atoms with Crippen LogP contribution >= 0.6 is 0 Å². The van der Waals surface area contributed by atoms with Crippen molar-refractivity contribution in [3.63, 3.8) is 0 Å². The molecule has 2 atom stereocenters. The third-order valence-electron chi connectivity index (χ3n) is 4.17. The zero-order valence-electron chi connectivity index (χ0n) is 12.7. The Morgan fingerprint density at radius 2 is 1.14 bits per heavy atom. The minimum atomic E-state index is -0.650. The summed E-state index contributed by atoms with van der Waals surface area (Å²) in [5.74, 6) is -2.04. The first kappa shape index (κ1) is 16.3. The van der Waals surface area contributed by atoms with Gasteiger partial charge in [0.1, 0.15) is 0 Å². The maximum absolute atomic E-state index is 13.6. The standard InChI is InChI=1S/C18H20F2O2/c1-3-13(11-5-7-17(21)15(19)9-11)14(4-2)12-6-8-18(22)16(20)10-12/h5-10,13-14,21-22H,3-4H2,1-2H3/t13-,14+. The van der Waals surface area contributed by atoms with Crippen LogP contribution in [0.2, 0.25) is 0 Å². The first-order chi connectivity index (χ1) is 10.5. The predicted octanol–water partition coefficient (Wildman–Crippen LogP) is 5.06. The van der Waals surface area contributed by atoms with E-state index < -0.39 is 11.6 Å². The van der Waals surface area contributed by atoms with E-state index in [0.29, 0.717) is 0 Å². The molecule has 0 aliphatic heterocycles. The van der Waals surface area contributed by atoms with E-state index in [4.69, 9.17) is 0 Å². The fourth-order valence-corrected chi connectivity index (χ4v) is 3.01. The number of phenols is 2. The number of halogens is 2. The monoisotopic (exact) mass is 306 g/mol. The second kappa shape index (κ2) is 6.77. The molecule has 0 unspecified atom stereocenters. The van der Waals surface area contributed by atoms with Crippen LogP contribution in [0.4, 0.5) is 8.78 Å². The average molecular weight is 306 g/mol. The largest absolute Gasteiger partial charge is 0.505 e. The quantitative estimate of drug-likeness (QED) is 0.810. The molecular weight excluding hydrogens is 286 g/mol. The molecule has 2 aromatic rings. The van der Waals surface area contributed by atoms with Gasteiger partial charge in [-0.2, -0.15) is 0 Å². The molecule has 0 aliphatic rings. The van der Waals surface area contributed by atoms with Gasteiger partial charge in [0.05, 0.1) is 0 Å². The van der Waals surface area contributed by atoms with Gasteiger partial charge < -0.3 is 10.2 Å². The molecular formula is C18H20F2O2. The summed E-state index contributed by atoms with van der Waals surface area (Å²) in [7, 11) is 0. The van der Waals surface area contributed by atoms with Crippen molar-refractivity contribution in [1.29, 1.82) is 0 Å². The molecule has 0 amide bonds. The second-order valence-corrected chi connectivity index (χ2v) is 5.45. The zero-order valence-corrected chi connectivity index (χ0v) is 12.7. The van der Waals surface area contributed by atoms with Gasteiger partial charge in [0.25, 0.3) is 0 Å². The molecule has 0 spiro atoms. The van der Waals surface area contributed by atoms with Gasteiger partial charge in [0, 0.05) is 0 Å². The number of rotatable bonds is 5. The van der Waals surface area contributed by atoms with Gasteiger partial charge in [-0.05, 0) is 60.1 Å². The molecule has 0 saturated heterocycles. The van der Waals surface area contributed by atoms with Crippen LogP contribution in [0.15, 0.2) is 36.4 Å². The van der Waals surface area contributed by atoms with Crippen molar-refractivity contribution in [2.24, 2.45) is 0 Å². The lowest BCUT2D eigenvalue weighted by Gasteiger charge is -2.26. The Balaban J connectivity index is 2.41. The SMILES string of the molecule is CC[C@H](c1ccc(O)c(F)c1)[C@@H](CC)c1ccc(O)c(F)c1. The Kier molecular flexibility index (Phi) is 5.01. The molecule has 2 rings (SSSR count). The van der Waals surface area contributed by atoms with E-state index in [1.807, 2.05) is 13.8 Å². The molecule has 0 heterocycles. The molecule has 0 saturated carbocycles. The molecule has 0 radical (unpaired) electrons. The van der Waals surface area contributed by atoms with Crippen molar-refractivity contribution >= 4 is 0 Å². The van der Waals surface area contributed by atoms with Crippen LogP contribution < -0.4 is 0 Å². The number of hydrogen-bond donors (Lipinski definition) is 2. The lowest BCUT2D eigenvalue weighted by molar-refractivity contribution is 0.426. The van der Waals surface area contributed by atoms with E-state index in [0.717, 1.165) is 24.0 Å². The van der Waals surface area contributed by atoms with E-state index in [-0.39, 0.29) is 23.3 Å². The zero-order chi connectivity index (χ0) is 16.3. The van der Waals surface area contributed by atoms with E-state index in [1.165, 1.54) is 24.3 Å². The van der Waals surface area contributed by atoms with E-state index >= 15 is 0 Å². The normalized spacial score (nSPS) is 13.8. The van der Waals surface area contributed by atoms with E-state index in [2.05, 4.69) is 0 Å². The number of phenolic OH excluding ortho intramolecular Hbond substituents is 2. The highest BCUT2D eigenvalue weighted by atomic mass is 19.1. The van der Waals surface area contributed by atoms with Crippen molar-refractivity contribution in [2.75, 3.05) is 0 Å². The maximum Gasteiger partial charge on any atom is 0.165 e. The lowest BCUT2D eigenvalue weighted by Crippen LogP contribution is -2.11. The van der Waals surface area contributed by atoms with Crippen LogP contribution in [0.25, 0.3) is 0 Å². The third-order valence-corrected chi connectivity index (χ3v) is 4.17. The van der Waals surface area contributed by atoms with Crippen molar-refractivity contribution in [3.05, 3.63) is 59.2 Å². The number of benzene rings is 2. The highest BCUT2D eigenvalue weighted by Gasteiger charge is 2.23. The fraction of sp³-hybridized carbons (Fsp3) is 0.333. The molecule has 0 aromatic heterocycles. The summed E-state index contributed by atoms with van der Waals surface area (Å²) in [5, 5.41) is 18.7. The Bertz CT molecular complexity index is 598. The minimum Gasteiger partial charge on any atom is -0.505 e.